The van der Waals surface area contributed by atoms with Gasteiger partial charge in [0, 0.05) is 23.3 Å². The highest BCUT2D eigenvalue weighted by Crippen LogP contribution is 2.24. The van der Waals surface area contributed by atoms with E-state index in [1.165, 1.54) is 0 Å². The predicted molar refractivity (Wildman–Crippen MR) is 121 cm³/mol. The van der Waals surface area contributed by atoms with Crippen molar-refractivity contribution in [1.29, 1.82) is 0 Å². The fraction of sp³-hybridized carbons (Fsp3) is 0.0909. The number of sulfonamides is 1. The van der Waals surface area contributed by atoms with E-state index in [0.717, 1.165) is 5.69 Å². The summed E-state index contributed by atoms with van der Waals surface area (Å²) in [5, 5.41) is 17.0. The van der Waals surface area contributed by atoms with Gasteiger partial charge in [-0.25, -0.2) is 13.1 Å². The lowest BCUT2D eigenvalue weighted by atomic mass is 10.2. The smallest absolute Gasteiger partial charge is 0.238 e. The van der Waals surface area contributed by atoms with Crippen molar-refractivity contribution in [3.63, 3.8) is 0 Å². The molecule has 3 aromatic heterocycles. The molecule has 5 aromatic rings. The van der Waals surface area contributed by atoms with Gasteiger partial charge in [-0.05, 0) is 55.5 Å². The van der Waals surface area contributed by atoms with Gasteiger partial charge >= 0.3 is 0 Å². The van der Waals surface area contributed by atoms with Crippen LogP contribution in [0.15, 0.2) is 77.4 Å². The summed E-state index contributed by atoms with van der Waals surface area (Å²) in [4.78, 5) is 0. The van der Waals surface area contributed by atoms with Gasteiger partial charge in [0.1, 0.15) is 17.2 Å². The van der Waals surface area contributed by atoms with Crippen LogP contribution >= 0.6 is 0 Å². The molecule has 0 saturated heterocycles. The lowest BCUT2D eigenvalue weighted by Crippen LogP contribution is -2.15. The molecule has 0 saturated carbocycles. The van der Waals surface area contributed by atoms with Crippen LogP contribution in [0.3, 0.4) is 0 Å². The summed E-state index contributed by atoms with van der Waals surface area (Å²) in [7, 11) is -3.69. The van der Waals surface area contributed by atoms with E-state index in [9.17, 15) is 8.42 Å². The summed E-state index contributed by atoms with van der Waals surface area (Å²) in [5.74, 6) is 1.05. The third kappa shape index (κ3) is 4.67. The Labute approximate surface area is 188 Å². The first kappa shape index (κ1) is 20.6. The van der Waals surface area contributed by atoms with Crippen LogP contribution in [0.5, 0.6) is 11.6 Å². The number of rotatable bonds is 7. The molecular weight excluding hydrogens is 444 g/mol. The Morgan fingerprint density at radius 2 is 1.82 bits per heavy atom. The van der Waals surface area contributed by atoms with Gasteiger partial charge in [-0.15, -0.1) is 10.2 Å². The molecule has 0 aliphatic rings. The molecule has 0 bridgehead atoms. The third-order valence-electron chi connectivity index (χ3n) is 4.71. The quantitative estimate of drug-likeness (QED) is 0.387. The van der Waals surface area contributed by atoms with Crippen LogP contribution in [0, 0.1) is 6.92 Å². The fourth-order valence-corrected chi connectivity index (χ4v) is 4.32. The number of para-hydroxylation sites is 1. The molecule has 0 aliphatic heterocycles. The number of aryl methyl sites for hydroxylation is 1. The molecule has 1 N–H and O–H groups in total. The number of fused-ring (bicyclic) bond motifs is 1. The van der Waals surface area contributed by atoms with Crippen LogP contribution in [-0.4, -0.2) is 33.6 Å². The Morgan fingerprint density at radius 3 is 2.55 bits per heavy atom. The molecule has 0 atom stereocenters. The largest absolute Gasteiger partial charge is 0.438 e. The maximum Gasteiger partial charge on any atom is 0.238 e. The van der Waals surface area contributed by atoms with Crippen LogP contribution in [0.4, 0.5) is 5.69 Å². The van der Waals surface area contributed by atoms with Crippen molar-refractivity contribution in [3.05, 3.63) is 84.3 Å². The third-order valence-corrected chi connectivity index (χ3v) is 5.91. The van der Waals surface area contributed by atoms with E-state index in [2.05, 4.69) is 25.2 Å². The fourth-order valence-electron chi connectivity index (χ4n) is 3.18. The van der Waals surface area contributed by atoms with Gasteiger partial charge in [0.15, 0.2) is 11.4 Å². The van der Waals surface area contributed by atoms with Gasteiger partial charge in [-0.3, -0.25) is 4.72 Å². The second kappa shape index (κ2) is 8.36. The molecule has 3 heterocycles. The second-order valence-electron chi connectivity index (χ2n) is 7.24. The minimum absolute atomic E-state index is 0.300. The number of ether oxygens (including phenoxy) is 1. The molecule has 0 aliphatic carbocycles. The highest BCUT2D eigenvalue weighted by atomic mass is 32.2. The molecular formula is C22H18N6O4S. The zero-order valence-electron chi connectivity index (χ0n) is 17.4. The number of benzene rings is 2. The summed E-state index contributed by atoms with van der Waals surface area (Å²) in [6, 6.07) is 18.9. The number of hydrogen-bond donors (Lipinski definition) is 1. The summed E-state index contributed by atoms with van der Waals surface area (Å²) in [6.45, 7) is 1.89. The van der Waals surface area contributed by atoms with Crippen molar-refractivity contribution in [1.82, 2.24) is 25.1 Å². The number of hydrogen-bond acceptors (Lipinski definition) is 8. The van der Waals surface area contributed by atoms with Crippen LogP contribution in [-0.2, 0) is 15.8 Å². The Bertz CT molecular complexity index is 1510. The van der Waals surface area contributed by atoms with Crippen molar-refractivity contribution >= 4 is 26.7 Å². The van der Waals surface area contributed by atoms with E-state index >= 15 is 0 Å². The summed E-state index contributed by atoms with van der Waals surface area (Å²) < 4.78 is 40.2. The van der Waals surface area contributed by atoms with Crippen LogP contribution in [0.2, 0.25) is 0 Å². The Morgan fingerprint density at radius 1 is 1.00 bits per heavy atom. The molecule has 11 heteroatoms. The summed E-state index contributed by atoms with van der Waals surface area (Å²) in [6.07, 6.45) is 1.80. The van der Waals surface area contributed by atoms with Gasteiger partial charge in [0.2, 0.25) is 15.9 Å². The number of anilines is 1. The van der Waals surface area contributed by atoms with E-state index in [-0.39, 0.29) is 5.75 Å². The topological polar surface area (TPSA) is 125 Å². The van der Waals surface area contributed by atoms with Gasteiger partial charge in [0.05, 0.1) is 5.69 Å². The lowest BCUT2D eigenvalue weighted by Gasteiger charge is -2.09. The Balaban J connectivity index is 1.23. The van der Waals surface area contributed by atoms with Crippen LogP contribution < -0.4 is 9.46 Å². The minimum Gasteiger partial charge on any atom is -0.438 e. The van der Waals surface area contributed by atoms with Crippen molar-refractivity contribution in [2.45, 2.75) is 12.7 Å². The van der Waals surface area contributed by atoms with E-state index in [1.807, 2.05) is 13.0 Å². The zero-order valence-corrected chi connectivity index (χ0v) is 18.2. The van der Waals surface area contributed by atoms with Crippen molar-refractivity contribution in [3.8, 4) is 17.4 Å². The maximum atomic E-state index is 12.6. The maximum absolute atomic E-state index is 12.6. The first-order valence-corrected chi connectivity index (χ1v) is 11.6. The molecule has 2 aromatic carbocycles. The molecule has 5 rings (SSSR count). The minimum atomic E-state index is -3.69. The van der Waals surface area contributed by atoms with E-state index in [0.29, 0.717) is 39.8 Å². The molecule has 0 radical (unpaired) electrons. The number of nitrogens with one attached hydrogen (secondary N) is 1. The predicted octanol–water partition coefficient (Wildman–Crippen LogP) is 3.85. The van der Waals surface area contributed by atoms with Crippen molar-refractivity contribution < 1.29 is 17.7 Å². The Kier molecular flexibility index (Phi) is 5.23. The van der Waals surface area contributed by atoms with E-state index < -0.39 is 10.0 Å². The Hall–Kier alpha value is -4.25. The molecule has 166 valence electrons. The summed E-state index contributed by atoms with van der Waals surface area (Å²) in [5.41, 5.74) is 2.17. The molecule has 10 nitrogen and oxygen atoms in total. The lowest BCUT2D eigenvalue weighted by molar-refractivity contribution is 0.448. The average molecular weight is 462 g/mol. The van der Waals surface area contributed by atoms with Gasteiger partial charge in [0.25, 0.3) is 0 Å². The molecule has 33 heavy (non-hydrogen) atoms. The molecule has 0 amide bonds. The monoisotopic (exact) mass is 462 g/mol. The summed E-state index contributed by atoms with van der Waals surface area (Å²) >= 11 is 0. The average Bonchev–Trinajstić information content (AvgIpc) is 3.42. The van der Waals surface area contributed by atoms with E-state index in [1.54, 1.807) is 71.5 Å². The van der Waals surface area contributed by atoms with Gasteiger partial charge < -0.3 is 9.26 Å². The first-order chi connectivity index (χ1) is 15.9. The van der Waals surface area contributed by atoms with Crippen molar-refractivity contribution in [2.75, 3.05) is 4.72 Å². The van der Waals surface area contributed by atoms with Gasteiger partial charge in [-0.1, -0.05) is 17.3 Å². The highest BCUT2D eigenvalue weighted by Gasteiger charge is 2.17. The second-order valence-corrected chi connectivity index (χ2v) is 8.97. The van der Waals surface area contributed by atoms with Crippen LogP contribution in [0.25, 0.3) is 16.8 Å². The normalized spacial score (nSPS) is 11.5. The number of aromatic nitrogens is 5. The zero-order chi connectivity index (χ0) is 22.8. The SMILES string of the molecule is Cc1ccn(-c2ccc(Oc3ccc(NS(=O)(=O)Cc4noc5ccccc45)cc3)nn2)n1. The number of nitrogens with zero attached hydrogens (tertiary/aromatic N) is 5. The van der Waals surface area contributed by atoms with Gasteiger partial charge in [-0.2, -0.15) is 5.10 Å². The molecule has 0 unspecified atom stereocenters. The standard InChI is InChI=1S/C22H18N6O4S/c1-15-12-13-28(25-15)21-10-11-22(24-23-21)31-17-8-6-16(7-9-17)27-33(29,30)14-19-18-4-2-3-5-20(18)32-26-19/h2-13,27H,14H2,1H3. The van der Waals surface area contributed by atoms with Crippen LogP contribution in [0.1, 0.15) is 11.4 Å². The molecule has 0 fully saturated rings. The highest BCUT2D eigenvalue weighted by molar-refractivity contribution is 7.91. The first-order valence-electron chi connectivity index (χ1n) is 9.93. The molecule has 0 spiro atoms. The van der Waals surface area contributed by atoms with E-state index in [4.69, 9.17) is 9.26 Å². The van der Waals surface area contributed by atoms with Crippen molar-refractivity contribution in [2.24, 2.45) is 0 Å².